The van der Waals surface area contributed by atoms with Crippen LogP contribution in [0.15, 0.2) is 54.4 Å². The number of fused-ring (bicyclic) bond motifs is 1. The van der Waals surface area contributed by atoms with E-state index in [1.807, 2.05) is 26.8 Å². The smallest absolute Gasteiger partial charge is 0.251 e. The number of amides is 1. The van der Waals surface area contributed by atoms with Crippen LogP contribution in [0.2, 0.25) is 5.02 Å². The third-order valence-electron chi connectivity index (χ3n) is 7.20. The third-order valence-corrected chi connectivity index (χ3v) is 8.42. The van der Waals surface area contributed by atoms with Gasteiger partial charge in [-0.1, -0.05) is 23.2 Å². The maximum absolute atomic E-state index is 12.6. The predicted molar refractivity (Wildman–Crippen MR) is 176 cm³/mol. The highest BCUT2D eigenvalue weighted by Gasteiger charge is 2.30. The van der Waals surface area contributed by atoms with Gasteiger partial charge in [0.05, 0.1) is 16.3 Å². The van der Waals surface area contributed by atoms with Crippen LogP contribution in [0.5, 0.6) is 11.5 Å². The van der Waals surface area contributed by atoms with Gasteiger partial charge in [0.25, 0.3) is 5.91 Å². The largest absolute Gasteiger partial charge is 0.456 e. The third kappa shape index (κ3) is 8.93. The minimum Gasteiger partial charge on any atom is -0.456 e. The molecule has 0 radical (unpaired) electrons. The average Bonchev–Trinajstić information content (AvgIpc) is 3.79. The van der Waals surface area contributed by atoms with Gasteiger partial charge >= 0.3 is 0 Å². The molecule has 0 spiro atoms. The van der Waals surface area contributed by atoms with E-state index in [0.29, 0.717) is 52.7 Å². The number of nitrogens with zero attached hydrogens (tertiary/aromatic N) is 3. The summed E-state index contributed by atoms with van der Waals surface area (Å²) in [7, 11) is -3.04. The fourth-order valence-corrected chi connectivity index (χ4v) is 5.71. The molecule has 0 bridgehead atoms. The van der Waals surface area contributed by atoms with Crippen molar-refractivity contribution in [1.82, 2.24) is 20.2 Å². The van der Waals surface area contributed by atoms with E-state index in [2.05, 4.69) is 36.9 Å². The highest BCUT2D eigenvalue weighted by Crippen LogP contribution is 2.35. The normalized spacial score (nSPS) is 15.1. The van der Waals surface area contributed by atoms with E-state index < -0.39 is 9.84 Å². The van der Waals surface area contributed by atoms with Crippen LogP contribution < -0.4 is 20.7 Å². The summed E-state index contributed by atoms with van der Waals surface area (Å²) in [6.45, 7) is 7.73. The molecule has 2 aromatic carbocycles. The molecule has 1 saturated carbocycles. The second-order valence-corrected chi connectivity index (χ2v) is 15.1. The number of rotatable bonds is 11. The highest BCUT2D eigenvalue weighted by molar-refractivity contribution is 7.90. The van der Waals surface area contributed by atoms with Gasteiger partial charge < -0.3 is 20.7 Å². The molecule has 0 atom stereocenters. The molecular weight excluding hydrogens is 600 g/mol. The van der Waals surface area contributed by atoms with E-state index in [9.17, 15) is 13.2 Å². The van der Waals surface area contributed by atoms with Gasteiger partial charge in [-0.2, -0.15) is 0 Å². The van der Waals surface area contributed by atoms with Crippen molar-refractivity contribution in [2.75, 3.05) is 42.3 Å². The van der Waals surface area contributed by atoms with E-state index in [-0.39, 0.29) is 17.2 Å². The second-order valence-electron chi connectivity index (χ2n) is 12.4. The summed E-state index contributed by atoms with van der Waals surface area (Å²) < 4.78 is 29.7. The summed E-state index contributed by atoms with van der Waals surface area (Å²) in [6, 6.07) is 12.8. The van der Waals surface area contributed by atoms with Gasteiger partial charge in [0.1, 0.15) is 39.3 Å². The zero-order valence-electron chi connectivity index (χ0n) is 25.5. The van der Waals surface area contributed by atoms with Crippen molar-refractivity contribution in [2.45, 2.75) is 51.6 Å². The lowest BCUT2D eigenvalue weighted by Gasteiger charge is -2.23. The second kappa shape index (κ2) is 13.1. The molecule has 3 aromatic rings. The number of hydrogen-bond acceptors (Lipinski definition) is 9. The monoisotopic (exact) mass is 638 g/mol. The fourth-order valence-electron chi connectivity index (χ4n) is 4.93. The van der Waals surface area contributed by atoms with Crippen molar-refractivity contribution in [3.8, 4) is 11.5 Å². The lowest BCUT2D eigenvalue weighted by atomic mass is 10.1. The van der Waals surface area contributed by atoms with Crippen LogP contribution in [-0.2, 0) is 9.84 Å². The van der Waals surface area contributed by atoms with E-state index in [1.54, 1.807) is 36.4 Å². The maximum atomic E-state index is 12.6. The lowest BCUT2D eigenvalue weighted by Crippen LogP contribution is -2.40. The Hall–Kier alpha value is -3.67. The molecule has 234 valence electrons. The molecule has 2 aliphatic rings. The van der Waals surface area contributed by atoms with Crippen molar-refractivity contribution in [3.63, 3.8) is 0 Å². The van der Waals surface area contributed by atoms with E-state index >= 15 is 0 Å². The number of hydrogen-bond donors (Lipinski definition) is 3. The molecule has 1 aromatic heterocycles. The van der Waals surface area contributed by atoms with Crippen LogP contribution in [0.1, 0.15) is 56.0 Å². The predicted octanol–water partition coefficient (Wildman–Crippen LogP) is 5.90. The number of ether oxygens (including phenoxy) is 1. The van der Waals surface area contributed by atoms with E-state index in [4.69, 9.17) is 16.3 Å². The topological polar surface area (TPSA) is 126 Å². The molecule has 1 aliphatic carbocycles. The molecule has 5 rings (SSSR count). The SMILES string of the molecule is CC(C)(C)NC(=O)c1cccc(Oc2ccc(Nc3ncnc4c3C=C(CN(CCS(C)(=O)=O)C3CC3)CCN4)cc2Cl)c1. The van der Waals surface area contributed by atoms with Crippen LogP contribution in [-0.4, -0.2) is 72.4 Å². The van der Waals surface area contributed by atoms with Crippen LogP contribution >= 0.6 is 11.6 Å². The molecule has 3 N–H and O–H groups in total. The first kappa shape index (κ1) is 31.7. The van der Waals surface area contributed by atoms with E-state index in [1.165, 1.54) is 18.2 Å². The van der Waals surface area contributed by atoms with Crippen LogP contribution in [0.3, 0.4) is 0 Å². The van der Waals surface area contributed by atoms with Crippen LogP contribution in [0.4, 0.5) is 17.3 Å². The number of carbonyl (C=O) groups excluding carboxylic acids is 1. The number of aromatic nitrogens is 2. The fraction of sp³-hybridized carbons (Fsp3) is 0.406. The first-order valence-corrected chi connectivity index (χ1v) is 17.1. The van der Waals surface area contributed by atoms with Crippen molar-refractivity contribution in [3.05, 3.63) is 70.5 Å². The Morgan fingerprint density at radius 3 is 2.66 bits per heavy atom. The summed E-state index contributed by atoms with van der Waals surface area (Å²) >= 11 is 6.63. The number of sulfone groups is 1. The lowest BCUT2D eigenvalue weighted by molar-refractivity contribution is 0.0919. The molecule has 1 fully saturated rings. The van der Waals surface area contributed by atoms with Crippen molar-refractivity contribution in [2.24, 2.45) is 0 Å². The van der Waals surface area contributed by atoms with Crippen LogP contribution in [0.25, 0.3) is 6.08 Å². The molecule has 1 aliphatic heterocycles. The maximum Gasteiger partial charge on any atom is 0.251 e. The molecule has 0 unspecified atom stereocenters. The van der Waals surface area contributed by atoms with Crippen molar-refractivity contribution in [1.29, 1.82) is 0 Å². The van der Waals surface area contributed by atoms with Crippen LogP contribution in [0, 0.1) is 0 Å². The molecule has 44 heavy (non-hydrogen) atoms. The minimum absolute atomic E-state index is 0.153. The zero-order valence-corrected chi connectivity index (χ0v) is 27.1. The van der Waals surface area contributed by atoms with Gasteiger partial charge in [0.15, 0.2) is 0 Å². The number of benzene rings is 2. The first-order valence-electron chi connectivity index (χ1n) is 14.7. The standard InChI is InChI=1S/C32H39ClN6O4S/c1-32(2,3)38-31(40)22-6-5-7-25(17-22)43-28-11-8-23(18-27(28)33)37-30-26-16-21(12-13-34-29(26)35-20-36-30)19-39(24-9-10-24)14-15-44(4,41)42/h5-8,11,16-18,20,24H,9-10,12-15,19H2,1-4H3,(H,38,40)(H2,34,35,36,37). The average molecular weight is 639 g/mol. The zero-order chi connectivity index (χ0) is 31.5. The Morgan fingerprint density at radius 2 is 1.95 bits per heavy atom. The first-order chi connectivity index (χ1) is 20.8. The molecular formula is C32H39ClN6O4S. The summed E-state index contributed by atoms with van der Waals surface area (Å²) in [6.07, 6.45) is 7.91. The highest BCUT2D eigenvalue weighted by atomic mass is 35.5. The molecule has 2 heterocycles. The van der Waals surface area contributed by atoms with E-state index in [0.717, 1.165) is 37.2 Å². The number of carbonyl (C=O) groups is 1. The van der Waals surface area contributed by atoms with Gasteiger partial charge in [-0.05, 0) is 82.5 Å². The Bertz CT molecular complexity index is 1670. The van der Waals surface area contributed by atoms with Gasteiger partial charge in [-0.15, -0.1) is 0 Å². The van der Waals surface area contributed by atoms with Crippen molar-refractivity contribution >= 4 is 50.7 Å². The van der Waals surface area contributed by atoms with Gasteiger partial charge in [-0.3, -0.25) is 9.69 Å². The summed E-state index contributed by atoms with van der Waals surface area (Å²) in [5.74, 6) is 2.27. The van der Waals surface area contributed by atoms with Gasteiger partial charge in [0.2, 0.25) is 0 Å². The molecule has 0 saturated heterocycles. The quantitative estimate of drug-likeness (QED) is 0.235. The Morgan fingerprint density at radius 1 is 1.16 bits per heavy atom. The van der Waals surface area contributed by atoms with Gasteiger partial charge in [0, 0.05) is 48.7 Å². The Kier molecular flexibility index (Phi) is 9.48. The number of nitrogens with one attached hydrogen (secondary N) is 3. The Labute approximate surface area is 264 Å². The van der Waals surface area contributed by atoms with Crippen molar-refractivity contribution < 1.29 is 17.9 Å². The minimum atomic E-state index is -3.04. The number of halogens is 1. The molecule has 1 amide bonds. The molecule has 10 nitrogen and oxygen atoms in total. The molecule has 12 heteroatoms. The summed E-state index contributed by atoms with van der Waals surface area (Å²) in [5, 5.41) is 10.1. The summed E-state index contributed by atoms with van der Waals surface area (Å²) in [5.41, 5.74) is 2.88. The summed E-state index contributed by atoms with van der Waals surface area (Å²) in [4.78, 5) is 23.9. The Balaban J connectivity index is 1.31. The number of anilines is 3. The van der Waals surface area contributed by atoms with Gasteiger partial charge in [-0.25, -0.2) is 18.4 Å².